The van der Waals surface area contributed by atoms with E-state index in [1.54, 1.807) is 0 Å². The Hall–Kier alpha value is -1.14. The molecule has 3 atom stereocenters. The van der Waals surface area contributed by atoms with Crippen LogP contribution in [0.25, 0.3) is 0 Å². The number of amides is 2. The summed E-state index contributed by atoms with van der Waals surface area (Å²) in [6.07, 6.45) is 3.23. The number of ether oxygens (including phenoxy) is 1. The van der Waals surface area contributed by atoms with Crippen LogP contribution >= 0.6 is 0 Å². The van der Waals surface area contributed by atoms with Gasteiger partial charge in [0, 0.05) is 18.6 Å². The fourth-order valence-electron chi connectivity index (χ4n) is 2.66. The Balaban J connectivity index is 1.60. The molecule has 2 saturated heterocycles. The minimum Gasteiger partial charge on any atom is -0.370 e. The van der Waals surface area contributed by atoms with E-state index in [1.807, 2.05) is 0 Å². The fraction of sp³-hybridized carbons (Fsp3) is 0.818. The molecule has 6 nitrogen and oxygen atoms in total. The van der Waals surface area contributed by atoms with E-state index in [4.69, 9.17) is 10.5 Å². The van der Waals surface area contributed by atoms with Gasteiger partial charge in [0.15, 0.2) is 0 Å². The highest BCUT2D eigenvalue weighted by Crippen LogP contribution is 2.33. The van der Waals surface area contributed by atoms with Crippen molar-refractivity contribution in [1.82, 2.24) is 10.6 Å². The van der Waals surface area contributed by atoms with Crippen molar-refractivity contribution < 1.29 is 14.3 Å². The molecule has 2 heterocycles. The quantitative estimate of drug-likeness (QED) is 0.506. The monoisotopic (exact) mass is 241 g/mol. The Morgan fingerprint density at radius 2 is 2.24 bits per heavy atom. The largest absolute Gasteiger partial charge is 0.370 e. The smallest absolute Gasteiger partial charge is 0.243 e. The Morgan fingerprint density at radius 3 is 2.82 bits per heavy atom. The number of nitrogens with one attached hydrogen (secondary N) is 2. The number of primary amides is 1. The van der Waals surface area contributed by atoms with Crippen LogP contribution in [0, 0.1) is 5.92 Å². The molecule has 3 unspecified atom stereocenters. The second-order valence-corrected chi connectivity index (χ2v) is 4.70. The molecule has 2 rings (SSSR count). The Bertz CT molecular complexity index is 308. The Labute approximate surface area is 100 Å². The maximum absolute atomic E-state index is 11.8. The van der Waals surface area contributed by atoms with E-state index >= 15 is 0 Å². The van der Waals surface area contributed by atoms with E-state index < -0.39 is 5.91 Å². The van der Waals surface area contributed by atoms with Crippen LogP contribution in [-0.2, 0) is 14.3 Å². The van der Waals surface area contributed by atoms with Gasteiger partial charge in [-0.05, 0) is 19.3 Å². The van der Waals surface area contributed by atoms with Gasteiger partial charge in [0.1, 0.15) is 6.61 Å². The lowest BCUT2D eigenvalue weighted by atomic mass is 9.88. The molecule has 2 aliphatic heterocycles. The lowest BCUT2D eigenvalue weighted by molar-refractivity contribution is -0.125. The maximum Gasteiger partial charge on any atom is 0.243 e. The van der Waals surface area contributed by atoms with Crippen LogP contribution in [0.3, 0.4) is 0 Å². The van der Waals surface area contributed by atoms with Gasteiger partial charge in [-0.3, -0.25) is 9.59 Å². The lowest BCUT2D eigenvalue weighted by Crippen LogP contribution is -2.39. The highest BCUT2D eigenvalue weighted by molar-refractivity contribution is 5.80. The van der Waals surface area contributed by atoms with Crippen molar-refractivity contribution in [3.05, 3.63) is 0 Å². The van der Waals surface area contributed by atoms with Crippen LogP contribution in [0.1, 0.15) is 19.3 Å². The molecule has 17 heavy (non-hydrogen) atoms. The van der Waals surface area contributed by atoms with Crippen molar-refractivity contribution in [1.29, 1.82) is 0 Å². The molecular formula is C11H19N3O3. The van der Waals surface area contributed by atoms with Crippen molar-refractivity contribution in [3.8, 4) is 0 Å². The van der Waals surface area contributed by atoms with Crippen molar-refractivity contribution >= 4 is 11.8 Å². The number of carbonyl (C=O) groups is 2. The third-order valence-electron chi connectivity index (χ3n) is 3.43. The summed E-state index contributed by atoms with van der Waals surface area (Å²) in [6.45, 7) is 0.661. The van der Waals surface area contributed by atoms with Crippen LogP contribution in [0.4, 0.5) is 0 Å². The summed E-state index contributed by atoms with van der Waals surface area (Å²) in [7, 11) is 0. The van der Waals surface area contributed by atoms with Crippen molar-refractivity contribution in [3.63, 3.8) is 0 Å². The van der Waals surface area contributed by atoms with Gasteiger partial charge in [-0.15, -0.1) is 0 Å². The molecule has 0 saturated carbocycles. The number of rotatable bonds is 6. The van der Waals surface area contributed by atoms with Gasteiger partial charge in [0.2, 0.25) is 11.8 Å². The SMILES string of the molecule is NC(=O)COCCNC(=O)C1CC2CCC1N2. The van der Waals surface area contributed by atoms with Crippen LogP contribution in [0.5, 0.6) is 0 Å². The lowest BCUT2D eigenvalue weighted by Gasteiger charge is -2.19. The summed E-state index contributed by atoms with van der Waals surface area (Å²) in [5.74, 6) is -0.300. The minimum absolute atomic E-state index is 0.0902. The number of fused-ring (bicyclic) bond motifs is 2. The zero-order chi connectivity index (χ0) is 12.3. The molecule has 2 bridgehead atoms. The molecule has 0 aliphatic carbocycles. The summed E-state index contributed by atoms with van der Waals surface area (Å²) in [6, 6.07) is 0.883. The summed E-state index contributed by atoms with van der Waals surface area (Å²) < 4.78 is 4.97. The van der Waals surface area contributed by atoms with Crippen molar-refractivity contribution in [2.24, 2.45) is 11.7 Å². The number of hydrogen-bond acceptors (Lipinski definition) is 4. The first-order valence-corrected chi connectivity index (χ1v) is 6.06. The van der Waals surface area contributed by atoms with Gasteiger partial charge in [-0.1, -0.05) is 0 Å². The number of carbonyl (C=O) groups excluding carboxylic acids is 2. The second-order valence-electron chi connectivity index (χ2n) is 4.70. The molecule has 96 valence electrons. The van der Waals surface area contributed by atoms with Gasteiger partial charge in [-0.25, -0.2) is 0 Å². The molecule has 0 aromatic carbocycles. The summed E-state index contributed by atoms with van der Waals surface area (Å²) >= 11 is 0. The highest BCUT2D eigenvalue weighted by Gasteiger charge is 2.42. The molecule has 0 aromatic heterocycles. The fourth-order valence-corrected chi connectivity index (χ4v) is 2.66. The van der Waals surface area contributed by atoms with Gasteiger partial charge in [0.05, 0.1) is 12.5 Å². The van der Waals surface area contributed by atoms with Gasteiger partial charge in [0.25, 0.3) is 0 Å². The highest BCUT2D eigenvalue weighted by atomic mass is 16.5. The first-order chi connectivity index (χ1) is 8.16. The Morgan fingerprint density at radius 1 is 1.41 bits per heavy atom. The predicted molar refractivity (Wildman–Crippen MR) is 61.1 cm³/mol. The van der Waals surface area contributed by atoms with Gasteiger partial charge >= 0.3 is 0 Å². The van der Waals surface area contributed by atoms with E-state index in [2.05, 4.69) is 10.6 Å². The average Bonchev–Trinajstić information content (AvgIpc) is 2.89. The third-order valence-corrected chi connectivity index (χ3v) is 3.43. The van der Waals surface area contributed by atoms with Crippen molar-refractivity contribution in [2.75, 3.05) is 19.8 Å². The zero-order valence-electron chi connectivity index (χ0n) is 9.78. The number of hydrogen-bond donors (Lipinski definition) is 3. The molecule has 0 aromatic rings. The Kier molecular flexibility index (Phi) is 3.96. The van der Waals surface area contributed by atoms with Crippen LogP contribution in [-0.4, -0.2) is 43.7 Å². The molecule has 2 aliphatic rings. The summed E-state index contributed by atoms with van der Waals surface area (Å²) in [4.78, 5) is 22.2. The summed E-state index contributed by atoms with van der Waals surface area (Å²) in [5, 5.41) is 6.25. The van der Waals surface area contributed by atoms with Crippen molar-refractivity contribution in [2.45, 2.75) is 31.3 Å². The molecule has 6 heteroatoms. The molecule has 2 amide bonds. The van der Waals surface area contributed by atoms with Crippen LogP contribution < -0.4 is 16.4 Å². The predicted octanol–water partition coefficient (Wildman–Crippen LogP) is -1.25. The van der Waals surface area contributed by atoms with E-state index in [0.717, 1.165) is 12.8 Å². The third kappa shape index (κ3) is 3.17. The van der Waals surface area contributed by atoms with Crippen LogP contribution in [0.15, 0.2) is 0 Å². The topological polar surface area (TPSA) is 93.5 Å². The molecule has 2 fully saturated rings. The average molecular weight is 241 g/mol. The summed E-state index contributed by atoms with van der Waals surface area (Å²) in [5.41, 5.74) is 4.92. The minimum atomic E-state index is -0.492. The van der Waals surface area contributed by atoms with E-state index in [-0.39, 0.29) is 18.4 Å². The van der Waals surface area contributed by atoms with Crippen LogP contribution in [0.2, 0.25) is 0 Å². The maximum atomic E-state index is 11.8. The van der Waals surface area contributed by atoms with E-state index in [1.165, 1.54) is 6.42 Å². The molecular weight excluding hydrogens is 222 g/mol. The second kappa shape index (κ2) is 5.46. The molecule has 0 radical (unpaired) electrons. The molecule has 4 N–H and O–H groups in total. The standard InChI is InChI=1S/C11H19N3O3/c12-10(15)6-17-4-3-13-11(16)8-5-7-1-2-9(8)14-7/h7-9,14H,1-6H2,(H2,12,15)(H,13,16). The van der Waals surface area contributed by atoms with E-state index in [9.17, 15) is 9.59 Å². The molecule has 0 spiro atoms. The van der Waals surface area contributed by atoms with E-state index in [0.29, 0.717) is 25.2 Å². The van der Waals surface area contributed by atoms with Gasteiger partial charge in [-0.2, -0.15) is 0 Å². The first kappa shape index (κ1) is 12.3. The first-order valence-electron chi connectivity index (χ1n) is 6.06. The normalized spacial score (nSPS) is 30.5. The number of nitrogens with two attached hydrogens (primary N) is 1. The zero-order valence-corrected chi connectivity index (χ0v) is 9.78. The van der Waals surface area contributed by atoms with Gasteiger partial charge < -0.3 is 21.1 Å².